The molecule has 1 atom stereocenters. The summed E-state index contributed by atoms with van der Waals surface area (Å²) in [6.45, 7) is 2.52. The number of fused-ring (bicyclic) bond motifs is 1. The van der Waals surface area contributed by atoms with Gasteiger partial charge in [0.15, 0.2) is 0 Å². The van der Waals surface area contributed by atoms with Crippen molar-refractivity contribution in [3.05, 3.63) is 24.0 Å². The van der Waals surface area contributed by atoms with Crippen LogP contribution in [0.15, 0.2) is 23.4 Å². The highest BCUT2D eigenvalue weighted by molar-refractivity contribution is 7.89. The molecule has 0 fully saturated rings. The van der Waals surface area contributed by atoms with Crippen LogP contribution < -0.4 is 4.72 Å². The lowest BCUT2D eigenvalue weighted by Crippen LogP contribution is -2.26. The number of sulfonamides is 1. The van der Waals surface area contributed by atoms with Crippen LogP contribution in [0.4, 0.5) is 0 Å². The van der Waals surface area contributed by atoms with Crippen molar-refractivity contribution in [2.45, 2.75) is 18.2 Å². The molecule has 1 aromatic heterocycles. The van der Waals surface area contributed by atoms with Crippen LogP contribution in [0, 0.1) is 5.92 Å². The maximum Gasteiger partial charge on any atom is 0.242 e. The summed E-state index contributed by atoms with van der Waals surface area (Å²) < 4.78 is 25.9. The fourth-order valence-electron chi connectivity index (χ4n) is 1.60. The molecular formula is C9H12N2O2S. The second kappa shape index (κ2) is 3.33. The summed E-state index contributed by atoms with van der Waals surface area (Å²) in [6.07, 6.45) is 3.83. The fourth-order valence-corrected chi connectivity index (χ4v) is 2.95. The van der Waals surface area contributed by atoms with Crippen molar-refractivity contribution in [1.29, 1.82) is 0 Å². The molecule has 4 nitrogen and oxygen atoms in total. The molecule has 0 aromatic carbocycles. The van der Waals surface area contributed by atoms with Crippen molar-refractivity contribution in [3.8, 4) is 0 Å². The van der Waals surface area contributed by atoms with E-state index in [0.717, 1.165) is 12.0 Å². The summed E-state index contributed by atoms with van der Waals surface area (Å²) in [7, 11) is -3.32. The minimum Gasteiger partial charge on any atom is -0.263 e. The van der Waals surface area contributed by atoms with Gasteiger partial charge in [0.1, 0.15) is 4.90 Å². The van der Waals surface area contributed by atoms with Gasteiger partial charge in [0.25, 0.3) is 0 Å². The van der Waals surface area contributed by atoms with Crippen molar-refractivity contribution >= 4 is 10.0 Å². The molecule has 1 aromatic rings. The van der Waals surface area contributed by atoms with Gasteiger partial charge in [0.05, 0.1) is 0 Å². The van der Waals surface area contributed by atoms with E-state index in [2.05, 4.69) is 9.71 Å². The third-order valence-corrected chi connectivity index (χ3v) is 3.84. The lowest BCUT2D eigenvalue weighted by molar-refractivity contribution is 0.552. The number of hydrogen-bond acceptors (Lipinski definition) is 3. The Morgan fingerprint density at radius 3 is 3.14 bits per heavy atom. The highest BCUT2D eigenvalue weighted by atomic mass is 32.2. The van der Waals surface area contributed by atoms with Crippen molar-refractivity contribution in [2.75, 3.05) is 6.54 Å². The van der Waals surface area contributed by atoms with Crippen molar-refractivity contribution in [2.24, 2.45) is 5.92 Å². The van der Waals surface area contributed by atoms with Crippen molar-refractivity contribution in [1.82, 2.24) is 9.71 Å². The molecule has 0 amide bonds. The Kier molecular flexibility index (Phi) is 2.28. The van der Waals surface area contributed by atoms with Gasteiger partial charge in [-0.15, -0.1) is 0 Å². The number of pyridine rings is 1. The molecule has 0 radical (unpaired) electrons. The molecule has 5 heteroatoms. The zero-order valence-corrected chi connectivity index (χ0v) is 8.71. The second-order valence-electron chi connectivity index (χ2n) is 3.64. The third-order valence-electron chi connectivity index (χ3n) is 2.35. The standard InChI is InChI=1S/C9H12N2O2S/c1-7-4-8-2-3-10-6-9(8)14(12,13)11-5-7/h2-3,6-7,11H,4-5H2,1H3/t7-/m0/s1. The molecule has 2 rings (SSSR count). The summed E-state index contributed by atoms with van der Waals surface area (Å²) >= 11 is 0. The summed E-state index contributed by atoms with van der Waals surface area (Å²) in [5.41, 5.74) is 0.859. The minimum atomic E-state index is -3.32. The van der Waals surface area contributed by atoms with Gasteiger partial charge in [0, 0.05) is 18.9 Å². The molecular weight excluding hydrogens is 200 g/mol. The first kappa shape index (κ1) is 9.61. The van der Waals surface area contributed by atoms with E-state index in [1.54, 1.807) is 12.3 Å². The van der Waals surface area contributed by atoms with Gasteiger partial charge in [-0.3, -0.25) is 4.98 Å². The van der Waals surface area contributed by atoms with Gasteiger partial charge in [-0.2, -0.15) is 0 Å². The zero-order valence-electron chi connectivity index (χ0n) is 7.90. The highest BCUT2D eigenvalue weighted by Gasteiger charge is 2.23. The number of nitrogens with one attached hydrogen (secondary N) is 1. The third kappa shape index (κ3) is 1.65. The molecule has 76 valence electrons. The van der Waals surface area contributed by atoms with E-state index in [4.69, 9.17) is 0 Å². The van der Waals surface area contributed by atoms with Crippen molar-refractivity contribution < 1.29 is 8.42 Å². The molecule has 0 saturated heterocycles. The topological polar surface area (TPSA) is 59.1 Å². The Hall–Kier alpha value is -0.940. The largest absolute Gasteiger partial charge is 0.263 e. The molecule has 1 aliphatic heterocycles. The summed E-state index contributed by atoms with van der Waals surface area (Å²) in [4.78, 5) is 4.16. The Morgan fingerprint density at radius 1 is 1.57 bits per heavy atom. The molecule has 0 saturated carbocycles. The highest BCUT2D eigenvalue weighted by Crippen LogP contribution is 2.20. The van der Waals surface area contributed by atoms with Crippen LogP contribution >= 0.6 is 0 Å². The first-order valence-electron chi connectivity index (χ1n) is 4.52. The van der Waals surface area contributed by atoms with Crippen molar-refractivity contribution in [3.63, 3.8) is 0 Å². The summed E-state index contributed by atoms with van der Waals surface area (Å²) in [5.74, 6) is 0.327. The van der Waals surface area contributed by atoms with Crippen LogP contribution in [-0.4, -0.2) is 19.9 Å². The van der Waals surface area contributed by atoms with Crippen LogP contribution in [0.1, 0.15) is 12.5 Å². The van der Waals surface area contributed by atoms with Crippen LogP contribution in [-0.2, 0) is 16.4 Å². The Labute approximate surface area is 83.4 Å². The molecule has 1 aliphatic rings. The van der Waals surface area contributed by atoms with Gasteiger partial charge in [0.2, 0.25) is 10.0 Å². The van der Waals surface area contributed by atoms with Gasteiger partial charge in [-0.25, -0.2) is 13.1 Å². The van der Waals surface area contributed by atoms with E-state index < -0.39 is 10.0 Å². The smallest absolute Gasteiger partial charge is 0.242 e. The second-order valence-corrected chi connectivity index (χ2v) is 5.38. The van der Waals surface area contributed by atoms with Gasteiger partial charge in [-0.1, -0.05) is 6.92 Å². The summed E-state index contributed by atoms with van der Waals surface area (Å²) in [5, 5.41) is 0. The number of rotatable bonds is 0. The summed E-state index contributed by atoms with van der Waals surface area (Å²) in [6, 6.07) is 1.77. The quantitative estimate of drug-likeness (QED) is 0.683. The Morgan fingerprint density at radius 2 is 2.36 bits per heavy atom. The predicted octanol–water partition coefficient (Wildman–Crippen LogP) is 0.552. The molecule has 2 heterocycles. The number of hydrogen-bond donors (Lipinski definition) is 1. The normalized spacial score (nSPS) is 25.1. The lowest BCUT2D eigenvalue weighted by atomic mass is 10.0. The maximum atomic E-state index is 11.7. The average Bonchev–Trinajstić information content (AvgIpc) is 2.25. The first-order chi connectivity index (χ1) is 6.59. The molecule has 0 spiro atoms. The van der Waals surface area contributed by atoms with E-state index in [1.165, 1.54) is 6.20 Å². The van der Waals surface area contributed by atoms with Crippen LogP contribution in [0.3, 0.4) is 0 Å². The van der Waals surface area contributed by atoms with Crippen LogP contribution in [0.2, 0.25) is 0 Å². The average molecular weight is 212 g/mol. The van der Waals surface area contributed by atoms with Gasteiger partial charge >= 0.3 is 0 Å². The van der Waals surface area contributed by atoms with Gasteiger partial charge < -0.3 is 0 Å². The SMILES string of the molecule is C[C@@H]1CNS(=O)(=O)c2cnccc2C1. The molecule has 0 bridgehead atoms. The fraction of sp³-hybridized carbons (Fsp3) is 0.444. The maximum absolute atomic E-state index is 11.7. The lowest BCUT2D eigenvalue weighted by Gasteiger charge is -2.04. The monoisotopic (exact) mass is 212 g/mol. The minimum absolute atomic E-state index is 0.323. The van der Waals surface area contributed by atoms with E-state index in [-0.39, 0.29) is 0 Å². The molecule has 1 N–H and O–H groups in total. The Bertz CT molecular complexity index is 442. The predicted molar refractivity (Wildman–Crippen MR) is 52.3 cm³/mol. The molecule has 14 heavy (non-hydrogen) atoms. The Balaban J connectivity index is 2.58. The van der Waals surface area contributed by atoms with E-state index in [0.29, 0.717) is 17.4 Å². The van der Waals surface area contributed by atoms with Crippen LogP contribution in [0.25, 0.3) is 0 Å². The first-order valence-corrected chi connectivity index (χ1v) is 6.00. The zero-order chi connectivity index (χ0) is 10.2. The van der Waals surface area contributed by atoms with Crippen LogP contribution in [0.5, 0.6) is 0 Å². The number of aromatic nitrogens is 1. The molecule has 0 aliphatic carbocycles. The number of nitrogens with zero attached hydrogens (tertiary/aromatic N) is 1. The molecule has 0 unspecified atom stereocenters. The van der Waals surface area contributed by atoms with E-state index >= 15 is 0 Å². The van der Waals surface area contributed by atoms with E-state index in [9.17, 15) is 8.42 Å². The van der Waals surface area contributed by atoms with Gasteiger partial charge in [-0.05, 0) is 24.0 Å². The van der Waals surface area contributed by atoms with E-state index in [1.807, 2.05) is 6.92 Å².